The fraction of sp³-hybridized carbons (Fsp3) is 0.300. The molecule has 2 N–H and O–H groups in total. The summed E-state index contributed by atoms with van der Waals surface area (Å²) in [6.45, 7) is 6.57. The molecule has 2 rings (SSSR count). The van der Waals surface area contributed by atoms with E-state index in [0.29, 0.717) is 0 Å². The van der Waals surface area contributed by atoms with Crippen molar-refractivity contribution in [3.8, 4) is 0 Å². The van der Waals surface area contributed by atoms with E-state index >= 15 is 0 Å². The molecule has 0 aromatic heterocycles. The van der Waals surface area contributed by atoms with Gasteiger partial charge in [-0.15, -0.1) is 0 Å². The summed E-state index contributed by atoms with van der Waals surface area (Å²) in [6, 6.07) is 9.97. The molecule has 0 radical (unpaired) electrons. The summed E-state index contributed by atoms with van der Waals surface area (Å²) in [5.41, 5.74) is -0.256. The second-order valence-electron chi connectivity index (χ2n) is 7.52. The maximum Gasteiger partial charge on any atom is 0.338 e. The molecule has 0 saturated carbocycles. The molecular formula is C20H22Cl2N2O5S. The molecule has 0 bridgehead atoms. The highest BCUT2D eigenvalue weighted by molar-refractivity contribution is 7.89. The monoisotopic (exact) mass is 472 g/mol. The summed E-state index contributed by atoms with van der Waals surface area (Å²) < 4.78 is 32.3. The van der Waals surface area contributed by atoms with Crippen molar-refractivity contribution in [1.29, 1.82) is 0 Å². The Bertz CT molecular complexity index is 1050. The Kier molecular flexibility index (Phi) is 7.52. The molecule has 0 heterocycles. The topological polar surface area (TPSA) is 102 Å². The number of hydrogen-bond acceptors (Lipinski definition) is 5. The van der Waals surface area contributed by atoms with Gasteiger partial charge in [-0.25, -0.2) is 17.9 Å². The van der Waals surface area contributed by atoms with Crippen molar-refractivity contribution in [3.63, 3.8) is 0 Å². The largest absolute Gasteiger partial charge is 0.449 e. The second-order valence-corrected chi connectivity index (χ2v) is 9.99. The van der Waals surface area contributed by atoms with Crippen LogP contribution in [0.25, 0.3) is 0 Å². The van der Waals surface area contributed by atoms with Gasteiger partial charge in [-0.1, -0.05) is 29.3 Å². The van der Waals surface area contributed by atoms with Crippen molar-refractivity contribution in [3.05, 3.63) is 58.1 Å². The number of esters is 1. The first kappa shape index (κ1) is 24.1. The van der Waals surface area contributed by atoms with Crippen molar-refractivity contribution in [1.82, 2.24) is 4.72 Å². The van der Waals surface area contributed by atoms with Crippen LogP contribution >= 0.6 is 23.2 Å². The predicted molar refractivity (Wildman–Crippen MR) is 116 cm³/mol. The fourth-order valence-corrected chi connectivity index (χ4v) is 4.12. The molecule has 0 spiro atoms. The number of halogens is 2. The molecule has 0 aliphatic rings. The second kappa shape index (κ2) is 9.34. The Morgan fingerprint density at radius 3 is 2.20 bits per heavy atom. The molecule has 1 unspecified atom stereocenters. The first-order valence-electron chi connectivity index (χ1n) is 8.90. The lowest BCUT2D eigenvalue weighted by Gasteiger charge is -2.20. The fourth-order valence-electron chi connectivity index (χ4n) is 2.35. The zero-order valence-corrected chi connectivity index (χ0v) is 19.2. The van der Waals surface area contributed by atoms with Crippen LogP contribution in [-0.4, -0.2) is 31.9 Å². The quantitative estimate of drug-likeness (QED) is 0.611. The number of carbonyl (C=O) groups is 2. The van der Waals surface area contributed by atoms with Crippen LogP contribution < -0.4 is 10.0 Å². The van der Waals surface area contributed by atoms with E-state index in [0.717, 1.165) is 0 Å². The van der Waals surface area contributed by atoms with Crippen molar-refractivity contribution >= 4 is 50.8 Å². The van der Waals surface area contributed by atoms with Gasteiger partial charge < -0.3 is 10.1 Å². The van der Waals surface area contributed by atoms with Gasteiger partial charge in [0.25, 0.3) is 5.91 Å². The third-order valence-corrected chi connectivity index (χ3v) is 6.30. The molecule has 0 fully saturated rings. The van der Waals surface area contributed by atoms with Gasteiger partial charge in [0.15, 0.2) is 6.10 Å². The smallest absolute Gasteiger partial charge is 0.338 e. The molecular weight excluding hydrogens is 451 g/mol. The van der Waals surface area contributed by atoms with Crippen LogP contribution in [0, 0.1) is 0 Å². The van der Waals surface area contributed by atoms with Gasteiger partial charge in [-0.3, -0.25) is 4.79 Å². The number of rotatable bonds is 6. The van der Waals surface area contributed by atoms with E-state index in [1.54, 1.807) is 39.0 Å². The average Bonchev–Trinajstić information content (AvgIpc) is 2.63. The van der Waals surface area contributed by atoms with Crippen LogP contribution in [0.3, 0.4) is 0 Å². The van der Waals surface area contributed by atoms with E-state index in [2.05, 4.69) is 10.0 Å². The summed E-state index contributed by atoms with van der Waals surface area (Å²) in [7, 11) is -3.73. The standard InChI is InChI=1S/C20H22Cl2N2O5S/c1-12(18(25)23-16-7-5-6-15(21)17(16)22)29-19(26)13-8-10-14(11-9-13)30(27,28)24-20(2,3)4/h5-12,24H,1-4H3,(H,23,25). The molecule has 10 heteroatoms. The highest BCUT2D eigenvalue weighted by Gasteiger charge is 2.23. The van der Waals surface area contributed by atoms with Crippen LogP contribution in [0.1, 0.15) is 38.1 Å². The van der Waals surface area contributed by atoms with E-state index in [4.69, 9.17) is 27.9 Å². The number of hydrogen-bond donors (Lipinski definition) is 2. The zero-order valence-electron chi connectivity index (χ0n) is 16.8. The SMILES string of the molecule is CC(OC(=O)c1ccc(S(=O)(=O)NC(C)(C)C)cc1)C(=O)Nc1cccc(Cl)c1Cl. The Labute approximate surface area is 185 Å². The average molecular weight is 473 g/mol. The summed E-state index contributed by atoms with van der Waals surface area (Å²) in [5.74, 6) is -1.37. The van der Waals surface area contributed by atoms with Crippen molar-refractivity contribution in [2.24, 2.45) is 0 Å². The van der Waals surface area contributed by atoms with Gasteiger partial charge in [-0.2, -0.15) is 0 Å². The van der Waals surface area contributed by atoms with Gasteiger partial charge in [0.2, 0.25) is 10.0 Å². The highest BCUT2D eigenvalue weighted by Crippen LogP contribution is 2.29. The number of nitrogens with one attached hydrogen (secondary N) is 2. The van der Waals surface area contributed by atoms with Gasteiger partial charge in [-0.05, 0) is 64.1 Å². The maximum absolute atomic E-state index is 12.3. The van der Waals surface area contributed by atoms with Crippen molar-refractivity contribution in [2.45, 2.75) is 44.2 Å². The van der Waals surface area contributed by atoms with Crippen LogP contribution in [0.5, 0.6) is 0 Å². The van der Waals surface area contributed by atoms with Gasteiger partial charge >= 0.3 is 5.97 Å². The molecule has 0 aliphatic heterocycles. The van der Waals surface area contributed by atoms with Crippen LogP contribution in [0.4, 0.5) is 5.69 Å². The maximum atomic E-state index is 12.3. The van der Waals surface area contributed by atoms with E-state index in [-0.39, 0.29) is 26.2 Å². The lowest BCUT2D eigenvalue weighted by molar-refractivity contribution is -0.123. The molecule has 2 aromatic rings. The van der Waals surface area contributed by atoms with Gasteiger partial charge in [0, 0.05) is 5.54 Å². The minimum atomic E-state index is -3.73. The Hall–Kier alpha value is -2.13. The normalized spacial score (nSPS) is 12.9. The Balaban J connectivity index is 2.05. The molecule has 30 heavy (non-hydrogen) atoms. The lowest BCUT2D eigenvalue weighted by atomic mass is 10.1. The highest BCUT2D eigenvalue weighted by atomic mass is 35.5. The third kappa shape index (κ3) is 6.43. The molecule has 7 nitrogen and oxygen atoms in total. The molecule has 0 aliphatic carbocycles. The van der Waals surface area contributed by atoms with E-state index in [9.17, 15) is 18.0 Å². The molecule has 2 aromatic carbocycles. The number of carbonyl (C=O) groups excluding carboxylic acids is 2. The van der Waals surface area contributed by atoms with E-state index in [1.165, 1.54) is 31.2 Å². The number of amides is 1. The van der Waals surface area contributed by atoms with E-state index < -0.39 is 33.5 Å². The predicted octanol–water partition coefficient (Wildman–Crippen LogP) is 4.25. The summed E-state index contributed by atoms with van der Waals surface area (Å²) in [4.78, 5) is 24.6. The summed E-state index contributed by atoms with van der Waals surface area (Å²) in [5, 5.41) is 2.98. The van der Waals surface area contributed by atoms with Crippen LogP contribution in [0.2, 0.25) is 10.0 Å². The number of anilines is 1. The van der Waals surface area contributed by atoms with Crippen molar-refractivity contribution < 1.29 is 22.7 Å². The number of sulfonamides is 1. The third-order valence-electron chi connectivity index (χ3n) is 3.70. The minimum Gasteiger partial charge on any atom is -0.449 e. The molecule has 162 valence electrons. The summed E-state index contributed by atoms with van der Waals surface area (Å²) in [6.07, 6.45) is -1.13. The molecule has 0 saturated heterocycles. The Morgan fingerprint density at radius 1 is 1.03 bits per heavy atom. The lowest BCUT2D eigenvalue weighted by Crippen LogP contribution is -2.40. The zero-order chi connectivity index (χ0) is 22.7. The molecule has 1 amide bonds. The van der Waals surface area contributed by atoms with Gasteiger partial charge in [0.05, 0.1) is 26.2 Å². The number of ether oxygens (including phenoxy) is 1. The Morgan fingerprint density at radius 2 is 1.63 bits per heavy atom. The molecule has 1 atom stereocenters. The van der Waals surface area contributed by atoms with Crippen LogP contribution in [0.15, 0.2) is 47.4 Å². The van der Waals surface area contributed by atoms with Gasteiger partial charge in [0.1, 0.15) is 0 Å². The summed E-state index contributed by atoms with van der Waals surface area (Å²) >= 11 is 11.9. The van der Waals surface area contributed by atoms with Crippen LogP contribution in [-0.2, 0) is 19.6 Å². The minimum absolute atomic E-state index is 0.00960. The first-order valence-corrected chi connectivity index (χ1v) is 11.1. The first-order chi connectivity index (χ1) is 13.8. The van der Waals surface area contributed by atoms with Crippen molar-refractivity contribution in [2.75, 3.05) is 5.32 Å². The van der Waals surface area contributed by atoms with E-state index in [1.807, 2.05) is 0 Å². The number of benzene rings is 2.